The second-order valence-electron chi connectivity index (χ2n) is 5.90. The van der Waals surface area contributed by atoms with Crippen LogP contribution in [0.25, 0.3) is 0 Å². The lowest BCUT2D eigenvalue weighted by molar-refractivity contribution is -0.132. The molecule has 0 aliphatic carbocycles. The minimum absolute atomic E-state index is 0.000168. The molecule has 21 heavy (non-hydrogen) atoms. The maximum Gasteiger partial charge on any atom is 0.347 e. The second kappa shape index (κ2) is 5.97. The Balaban J connectivity index is 1.63. The molecule has 6 heteroatoms. The second-order valence-corrected chi connectivity index (χ2v) is 5.90. The van der Waals surface area contributed by atoms with Gasteiger partial charge in [0.1, 0.15) is 6.54 Å². The molecule has 0 saturated carbocycles. The molecular formula is C15H21N3O3. The first-order valence-electron chi connectivity index (χ1n) is 7.62. The Morgan fingerprint density at radius 1 is 1.29 bits per heavy atom. The number of rotatable bonds is 2. The van der Waals surface area contributed by atoms with Crippen molar-refractivity contribution in [2.75, 3.05) is 19.7 Å². The standard InChI is InChI=1S/C15H21N3O3/c19-13(12-18-9-3-7-16-14(18)20)17-8-1-4-15(6-10-17)5-2-11-21-15/h3,7,9H,1-2,4-6,8,10-12H2. The van der Waals surface area contributed by atoms with E-state index in [1.54, 1.807) is 12.3 Å². The highest BCUT2D eigenvalue weighted by molar-refractivity contribution is 5.76. The molecule has 2 saturated heterocycles. The third kappa shape index (κ3) is 3.15. The van der Waals surface area contributed by atoms with Crippen LogP contribution in [-0.4, -0.2) is 45.7 Å². The van der Waals surface area contributed by atoms with Crippen molar-refractivity contribution in [2.45, 2.75) is 44.2 Å². The number of nitrogens with zero attached hydrogens (tertiary/aromatic N) is 3. The van der Waals surface area contributed by atoms with Gasteiger partial charge in [0.15, 0.2) is 0 Å². The molecule has 2 aliphatic rings. The van der Waals surface area contributed by atoms with E-state index in [0.717, 1.165) is 45.3 Å². The summed E-state index contributed by atoms with van der Waals surface area (Å²) in [6, 6.07) is 1.67. The van der Waals surface area contributed by atoms with Crippen molar-refractivity contribution in [3.05, 3.63) is 28.9 Å². The number of ether oxygens (including phenoxy) is 1. The van der Waals surface area contributed by atoms with Crippen LogP contribution in [-0.2, 0) is 16.1 Å². The van der Waals surface area contributed by atoms with Crippen LogP contribution < -0.4 is 5.69 Å². The summed E-state index contributed by atoms with van der Waals surface area (Å²) in [5, 5.41) is 0. The summed E-state index contributed by atoms with van der Waals surface area (Å²) < 4.78 is 7.28. The molecule has 1 atom stereocenters. The zero-order chi connectivity index (χ0) is 14.7. The van der Waals surface area contributed by atoms with E-state index in [-0.39, 0.29) is 23.7 Å². The first-order chi connectivity index (χ1) is 10.2. The van der Waals surface area contributed by atoms with Gasteiger partial charge in [0.2, 0.25) is 5.91 Å². The van der Waals surface area contributed by atoms with Crippen LogP contribution in [0, 0.1) is 0 Å². The molecule has 114 valence electrons. The Morgan fingerprint density at radius 2 is 2.14 bits per heavy atom. The van der Waals surface area contributed by atoms with E-state index >= 15 is 0 Å². The average molecular weight is 291 g/mol. The van der Waals surface area contributed by atoms with Gasteiger partial charge >= 0.3 is 5.69 Å². The largest absolute Gasteiger partial charge is 0.375 e. The van der Waals surface area contributed by atoms with Crippen LogP contribution in [0.5, 0.6) is 0 Å². The van der Waals surface area contributed by atoms with E-state index < -0.39 is 0 Å². The monoisotopic (exact) mass is 291 g/mol. The summed E-state index contributed by atoms with van der Waals surface area (Å²) in [5.74, 6) is -0.0138. The van der Waals surface area contributed by atoms with Gasteiger partial charge in [-0.15, -0.1) is 0 Å². The number of carbonyl (C=O) groups excluding carboxylic acids is 1. The lowest BCUT2D eigenvalue weighted by atomic mass is 9.92. The molecule has 1 spiro atoms. The molecule has 3 heterocycles. The number of likely N-dealkylation sites (tertiary alicyclic amines) is 1. The van der Waals surface area contributed by atoms with Crippen LogP contribution in [0.2, 0.25) is 0 Å². The van der Waals surface area contributed by atoms with Crippen molar-refractivity contribution in [2.24, 2.45) is 0 Å². The summed E-state index contributed by atoms with van der Waals surface area (Å²) in [4.78, 5) is 29.5. The lowest BCUT2D eigenvalue weighted by Crippen LogP contribution is -2.38. The first kappa shape index (κ1) is 14.3. The van der Waals surface area contributed by atoms with Gasteiger partial charge in [-0.25, -0.2) is 9.78 Å². The highest BCUT2D eigenvalue weighted by Gasteiger charge is 2.37. The molecule has 1 unspecified atom stereocenters. The maximum atomic E-state index is 12.4. The number of aromatic nitrogens is 2. The van der Waals surface area contributed by atoms with E-state index in [0.29, 0.717) is 6.54 Å². The van der Waals surface area contributed by atoms with Gasteiger partial charge in [-0.1, -0.05) is 0 Å². The molecule has 3 rings (SSSR count). The Labute approximate surface area is 123 Å². The van der Waals surface area contributed by atoms with Crippen LogP contribution >= 0.6 is 0 Å². The number of amides is 1. The molecule has 0 aromatic carbocycles. The highest BCUT2D eigenvalue weighted by Crippen LogP contribution is 2.35. The molecule has 0 radical (unpaired) electrons. The zero-order valence-electron chi connectivity index (χ0n) is 12.2. The Morgan fingerprint density at radius 3 is 2.90 bits per heavy atom. The average Bonchev–Trinajstić information content (AvgIpc) is 2.82. The predicted octanol–water partition coefficient (Wildman–Crippen LogP) is 0.805. The van der Waals surface area contributed by atoms with Crippen molar-refractivity contribution in [3.63, 3.8) is 0 Å². The topological polar surface area (TPSA) is 64.4 Å². The van der Waals surface area contributed by atoms with E-state index in [9.17, 15) is 9.59 Å². The van der Waals surface area contributed by atoms with Crippen LogP contribution in [0.15, 0.2) is 23.3 Å². The zero-order valence-corrected chi connectivity index (χ0v) is 12.2. The van der Waals surface area contributed by atoms with Gasteiger partial charge in [-0.3, -0.25) is 9.36 Å². The molecule has 1 aromatic heterocycles. The van der Waals surface area contributed by atoms with Crippen LogP contribution in [0.3, 0.4) is 0 Å². The van der Waals surface area contributed by atoms with E-state index in [1.165, 1.54) is 10.8 Å². The third-order valence-corrected chi connectivity index (χ3v) is 4.52. The van der Waals surface area contributed by atoms with Gasteiger partial charge in [-0.05, 0) is 38.2 Å². The van der Waals surface area contributed by atoms with Gasteiger partial charge in [0, 0.05) is 32.1 Å². The summed E-state index contributed by atoms with van der Waals surface area (Å²) in [5.41, 5.74) is -0.378. The van der Waals surface area contributed by atoms with Crippen LogP contribution in [0.4, 0.5) is 0 Å². The molecular weight excluding hydrogens is 270 g/mol. The molecule has 0 N–H and O–H groups in total. The Bertz CT molecular complexity index is 563. The van der Waals surface area contributed by atoms with Gasteiger partial charge in [-0.2, -0.15) is 0 Å². The Hall–Kier alpha value is -1.69. The molecule has 0 bridgehead atoms. The summed E-state index contributed by atoms with van der Waals surface area (Å²) in [7, 11) is 0. The molecule has 1 aromatic rings. The number of hydrogen-bond donors (Lipinski definition) is 0. The number of carbonyl (C=O) groups is 1. The lowest BCUT2D eigenvalue weighted by Gasteiger charge is -2.27. The van der Waals surface area contributed by atoms with Gasteiger partial charge < -0.3 is 9.64 Å². The summed E-state index contributed by atoms with van der Waals surface area (Å²) in [6.07, 6.45) is 8.18. The predicted molar refractivity (Wildman–Crippen MR) is 76.8 cm³/mol. The van der Waals surface area contributed by atoms with E-state index in [1.807, 2.05) is 4.90 Å². The van der Waals surface area contributed by atoms with Crippen molar-refractivity contribution < 1.29 is 9.53 Å². The fraction of sp³-hybridized carbons (Fsp3) is 0.667. The number of hydrogen-bond acceptors (Lipinski definition) is 4. The Kier molecular flexibility index (Phi) is 4.05. The minimum Gasteiger partial charge on any atom is -0.375 e. The minimum atomic E-state index is -0.378. The molecule has 1 amide bonds. The maximum absolute atomic E-state index is 12.4. The molecule has 6 nitrogen and oxygen atoms in total. The van der Waals surface area contributed by atoms with Crippen molar-refractivity contribution in [1.82, 2.24) is 14.5 Å². The quantitative estimate of drug-likeness (QED) is 0.808. The summed E-state index contributed by atoms with van der Waals surface area (Å²) in [6.45, 7) is 2.38. The third-order valence-electron chi connectivity index (χ3n) is 4.52. The fourth-order valence-corrected chi connectivity index (χ4v) is 3.32. The SMILES string of the molecule is O=C(Cn1cccnc1=O)N1CCCC2(CCCO2)CC1. The smallest absolute Gasteiger partial charge is 0.347 e. The van der Waals surface area contributed by atoms with Gasteiger partial charge in [0.05, 0.1) is 5.60 Å². The van der Waals surface area contributed by atoms with Crippen LogP contribution in [0.1, 0.15) is 32.1 Å². The molecule has 2 aliphatic heterocycles. The normalized spacial score (nSPS) is 26.0. The van der Waals surface area contributed by atoms with Crippen molar-refractivity contribution in [1.29, 1.82) is 0 Å². The van der Waals surface area contributed by atoms with Crippen molar-refractivity contribution >= 4 is 5.91 Å². The first-order valence-corrected chi connectivity index (χ1v) is 7.62. The summed E-state index contributed by atoms with van der Waals surface area (Å²) >= 11 is 0. The highest BCUT2D eigenvalue weighted by atomic mass is 16.5. The van der Waals surface area contributed by atoms with Gasteiger partial charge in [0.25, 0.3) is 0 Å². The fourth-order valence-electron chi connectivity index (χ4n) is 3.32. The van der Waals surface area contributed by atoms with Crippen molar-refractivity contribution in [3.8, 4) is 0 Å². The van der Waals surface area contributed by atoms with E-state index in [2.05, 4.69) is 4.98 Å². The molecule has 2 fully saturated rings. The van der Waals surface area contributed by atoms with E-state index in [4.69, 9.17) is 4.74 Å².